The van der Waals surface area contributed by atoms with Crippen LogP contribution in [0.5, 0.6) is 0 Å². The van der Waals surface area contributed by atoms with Crippen molar-refractivity contribution in [2.45, 2.75) is 36.2 Å². The molecule has 0 aliphatic carbocycles. The van der Waals surface area contributed by atoms with Crippen molar-refractivity contribution in [2.75, 3.05) is 6.54 Å². The van der Waals surface area contributed by atoms with E-state index in [4.69, 9.17) is 0 Å². The van der Waals surface area contributed by atoms with Gasteiger partial charge in [0.05, 0.1) is 4.47 Å². The molecule has 21 heavy (non-hydrogen) atoms. The SMILES string of the molecule is CCCNC(C)c1cc(Br)ccc1Sc1ncccc1Br. The van der Waals surface area contributed by atoms with Gasteiger partial charge in [-0.05, 0) is 71.7 Å². The van der Waals surface area contributed by atoms with Gasteiger partial charge in [-0.3, -0.25) is 0 Å². The zero-order valence-electron chi connectivity index (χ0n) is 12.1. The third kappa shape index (κ3) is 4.81. The Hall–Kier alpha value is -0.360. The lowest BCUT2D eigenvalue weighted by molar-refractivity contribution is 0.563. The maximum atomic E-state index is 4.44. The molecule has 0 aliphatic heterocycles. The first kappa shape index (κ1) is 17.0. The Kier molecular flexibility index (Phi) is 6.74. The van der Waals surface area contributed by atoms with Crippen LogP contribution >= 0.6 is 43.6 Å². The van der Waals surface area contributed by atoms with Crippen molar-refractivity contribution in [3.8, 4) is 0 Å². The monoisotopic (exact) mass is 428 g/mol. The highest BCUT2D eigenvalue weighted by Gasteiger charge is 2.13. The molecule has 0 amide bonds. The fraction of sp³-hybridized carbons (Fsp3) is 0.312. The van der Waals surface area contributed by atoms with Crippen LogP contribution in [-0.4, -0.2) is 11.5 Å². The number of benzene rings is 1. The zero-order chi connectivity index (χ0) is 15.2. The van der Waals surface area contributed by atoms with Gasteiger partial charge in [0.15, 0.2) is 0 Å². The van der Waals surface area contributed by atoms with Crippen molar-refractivity contribution in [3.05, 3.63) is 51.0 Å². The van der Waals surface area contributed by atoms with Crippen molar-refractivity contribution >= 4 is 43.6 Å². The fourth-order valence-corrected chi connectivity index (χ4v) is 3.83. The summed E-state index contributed by atoms with van der Waals surface area (Å²) in [6.45, 7) is 5.40. The molecule has 0 radical (unpaired) electrons. The largest absolute Gasteiger partial charge is 0.310 e. The molecule has 0 bridgehead atoms. The summed E-state index contributed by atoms with van der Waals surface area (Å²) in [5, 5.41) is 4.54. The lowest BCUT2D eigenvalue weighted by Gasteiger charge is -2.18. The summed E-state index contributed by atoms with van der Waals surface area (Å²) in [5.41, 5.74) is 1.29. The van der Waals surface area contributed by atoms with Crippen LogP contribution in [0.2, 0.25) is 0 Å². The zero-order valence-corrected chi connectivity index (χ0v) is 16.1. The van der Waals surface area contributed by atoms with Crippen LogP contribution in [0.25, 0.3) is 0 Å². The third-order valence-corrected chi connectivity index (χ3v) is 5.58. The highest BCUT2D eigenvalue weighted by Crippen LogP contribution is 2.36. The van der Waals surface area contributed by atoms with Gasteiger partial charge < -0.3 is 5.32 Å². The number of nitrogens with zero attached hydrogens (tertiary/aromatic N) is 1. The molecular formula is C16H18Br2N2S. The molecule has 1 N–H and O–H groups in total. The van der Waals surface area contributed by atoms with E-state index < -0.39 is 0 Å². The number of aromatic nitrogens is 1. The number of nitrogens with one attached hydrogen (secondary N) is 1. The Morgan fingerprint density at radius 3 is 2.81 bits per heavy atom. The van der Waals surface area contributed by atoms with Gasteiger partial charge in [0.1, 0.15) is 5.03 Å². The standard InChI is InChI=1S/C16H18Br2N2S/c1-3-8-19-11(2)13-10-12(17)6-7-15(13)21-16-14(18)5-4-9-20-16/h4-7,9-11,19H,3,8H2,1-2H3. The summed E-state index contributed by atoms with van der Waals surface area (Å²) < 4.78 is 2.13. The first-order valence-corrected chi connectivity index (χ1v) is 9.33. The molecule has 0 spiro atoms. The first-order chi connectivity index (χ1) is 10.1. The van der Waals surface area contributed by atoms with Crippen molar-refractivity contribution in [2.24, 2.45) is 0 Å². The summed E-state index contributed by atoms with van der Waals surface area (Å²) in [6.07, 6.45) is 2.96. The molecule has 1 atom stereocenters. The van der Waals surface area contributed by atoms with Gasteiger partial charge in [-0.1, -0.05) is 34.6 Å². The molecule has 1 unspecified atom stereocenters. The molecule has 0 fully saturated rings. The summed E-state index contributed by atoms with van der Waals surface area (Å²) in [5.74, 6) is 0. The molecule has 1 aromatic carbocycles. The topological polar surface area (TPSA) is 24.9 Å². The smallest absolute Gasteiger partial charge is 0.115 e. The van der Waals surface area contributed by atoms with Crippen molar-refractivity contribution in [1.82, 2.24) is 10.3 Å². The summed E-state index contributed by atoms with van der Waals surface area (Å²) in [6, 6.07) is 10.7. The highest BCUT2D eigenvalue weighted by atomic mass is 79.9. The van der Waals surface area contributed by atoms with Gasteiger partial charge in [-0.15, -0.1) is 0 Å². The van der Waals surface area contributed by atoms with Crippen LogP contribution in [0.4, 0.5) is 0 Å². The van der Waals surface area contributed by atoms with Gasteiger partial charge in [-0.25, -0.2) is 4.98 Å². The Morgan fingerprint density at radius 1 is 1.29 bits per heavy atom. The maximum absolute atomic E-state index is 4.44. The Bertz CT molecular complexity index is 605. The van der Waals surface area contributed by atoms with Gasteiger partial charge in [0, 0.05) is 21.6 Å². The molecule has 1 aromatic heterocycles. The van der Waals surface area contributed by atoms with Crippen LogP contribution < -0.4 is 5.32 Å². The van der Waals surface area contributed by atoms with E-state index in [1.54, 1.807) is 11.8 Å². The predicted octanol–water partition coefficient (Wildman–Crippen LogP) is 5.82. The van der Waals surface area contributed by atoms with E-state index in [9.17, 15) is 0 Å². The van der Waals surface area contributed by atoms with E-state index in [1.807, 2.05) is 18.3 Å². The maximum Gasteiger partial charge on any atom is 0.115 e. The van der Waals surface area contributed by atoms with E-state index in [-0.39, 0.29) is 0 Å². The molecule has 0 aliphatic rings. The third-order valence-electron chi connectivity index (χ3n) is 3.07. The average molecular weight is 430 g/mol. The molecule has 1 heterocycles. The van der Waals surface area contributed by atoms with Gasteiger partial charge in [0.25, 0.3) is 0 Å². The van der Waals surface area contributed by atoms with E-state index in [2.05, 4.69) is 74.2 Å². The van der Waals surface area contributed by atoms with Gasteiger partial charge in [-0.2, -0.15) is 0 Å². The number of hydrogen-bond acceptors (Lipinski definition) is 3. The minimum atomic E-state index is 0.312. The molecule has 2 nitrogen and oxygen atoms in total. The van der Waals surface area contributed by atoms with E-state index >= 15 is 0 Å². The lowest BCUT2D eigenvalue weighted by atomic mass is 10.1. The molecule has 2 rings (SSSR count). The second-order valence-corrected chi connectivity index (χ2v) is 7.55. The van der Waals surface area contributed by atoms with Gasteiger partial charge >= 0.3 is 0 Å². The fourth-order valence-electron chi connectivity index (χ4n) is 1.97. The molecule has 5 heteroatoms. The molecule has 0 saturated heterocycles. The second kappa shape index (κ2) is 8.32. The second-order valence-electron chi connectivity index (χ2n) is 4.75. The quantitative estimate of drug-likeness (QED) is 0.626. The highest BCUT2D eigenvalue weighted by molar-refractivity contribution is 9.10. The minimum Gasteiger partial charge on any atom is -0.310 e. The average Bonchev–Trinajstić information content (AvgIpc) is 2.48. The van der Waals surface area contributed by atoms with Crippen LogP contribution in [0, 0.1) is 0 Å². The Labute approximate surface area is 147 Å². The van der Waals surface area contributed by atoms with Crippen LogP contribution in [0.15, 0.2) is 55.4 Å². The lowest BCUT2D eigenvalue weighted by Crippen LogP contribution is -2.19. The minimum absolute atomic E-state index is 0.312. The summed E-state index contributed by atoms with van der Waals surface area (Å²) >= 11 is 8.83. The first-order valence-electron chi connectivity index (χ1n) is 6.93. The van der Waals surface area contributed by atoms with Crippen LogP contribution in [-0.2, 0) is 0 Å². The molecule has 112 valence electrons. The van der Waals surface area contributed by atoms with Crippen LogP contribution in [0.1, 0.15) is 31.9 Å². The van der Waals surface area contributed by atoms with Crippen molar-refractivity contribution in [3.63, 3.8) is 0 Å². The molecular weight excluding hydrogens is 412 g/mol. The number of hydrogen-bond donors (Lipinski definition) is 1. The summed E-state index contributed by atoms with van der Waals surface area (Å²) in [4.78, 5) is 5.67. The molecule has 0 saturated carbocycles. The normalized spacial score (nSPS) is 12.4. The van der Waals surface area contributed by atoms with E-state index in [1.165, 1.54) is 10.5 Å². The summed E-state index contributed by atoms with van der Waals surface area (Å²) in [7, 11) is 0. The predicted molar refractivity (Wildman–Crippen MR) is 96.9 cm³/mol. The number of halogens is 2. The van der Waals surface area contributed by atoms with Crippen molar-refractivity contribution in [1.29, 1.82) is 0 Å². The van der Waals surface area contributed by atoms with Crippen LogP contribution in [0.3, 0.4) is 0 Å². The van der Waals surface area contributed by atoms with E-state index in [0.29, 0.717) is 6.04 Å². The Morgan fingerprint density at radius 2 is 2.10 bits per heavy atom. The Balaban J connectivity index is 2.28. The van der Waals surface area contributed by atoms with Gasteiger partial charge in [0.2, 0.25) is 0 Å². The number of pyridine rings is 1. The van der Waals surface area contributed by atoms with Crippen molar-refractivity contribution < 1.29 is 0 Å². The number of rotatable bonds is 6. The molecule has 2 aromatic rings. The van der Waals surface area contributed by atoms with E-state index in [0.717, 1.165) is 26.9 Å².